The van der Waals surface area contributed by atoms with Gasteiger partial charge in [-0.3, -0.25) is 4.79 Å². The van der Waals surface area contributed by atoms with Crippen molar-refractivity contribution in [2.75, 3.05) is 0 Å². The van der Waals surface area contributed by atoms with Gasteiger partial charge in [0.1, 0.15) is 10.9 Å². The van der Waals surface area contributed by atoms with Crippen LogP contribution in [0.4, 0.5) is 0 Å². The molecule has 1 aromatic heterocycles. The molecule has 0 aliphatic rings. The Labute approximate surface area is 123 Å². The summed E-state index contributed by atoms with van der Waals surface area (Å²) in [5.41, 5.74) is 0.671. The standard InChI is InChI=1S/C14H22N2O3S/c1-5-7-10-15-9(4)12(20-10)13(17)16-11(14(18)19)8(3)6-2/h8,11H,5-7H2,1-4H3,(H,16,17)(H,18,19)/t8-,11-/m0/s1. The van der Waals surface area contributed by atoms with Crippen LogP contribution in [0.5, 0.6) is 0 Å². The molecule has 2 atom stereocenters. The number of hydrogen-bond acceptors (Lipinski definition) is 4. The highest BCUT2D eigenvalue weighted by Gasteiger charge is 2.27. The first-order chi connectivity index (χ1) is 9.40. The lowest BCUT2D eigenvalue weighted by molar-refractivity contribution is -0.140. The fraction of sp³-hybridized carbons (Fsp3) is 0.643. The maximum Gasteiger partial charge on any atom is 0.326 e. The quantitative estimate of drug-likeness (QED) is 0.811. The lowest BCUT2D eigenvalue weighted by Gasteiger charge is -2.19. The number of aryl methyl sites for hydroxylation is 2. The molecule has 0 aromatic carbocycles. The zero-order chi connectivity index (χ0) is 15.3. The first-order valence-electron chi connectivity index (χ1n) is 6.90. The fourth-order valence-electron chi connectivity index (χ4n) is 1.87. The van der Waals surface area contributed by atoms with Crippen LogP contribution in [0.2, 0.25) is 0 Å². The van der Waals surface area contributed by atoms with Gasteiger partial charge in [-0.25, -0.2) is 9.78 Å². The molecule has 0 fully saturated rings. The fourth-order valence-corrected chi connectivity index (χ4v) is 2.94. The zero-order valence-corrected chi connectivity index (χ0v) is 13.2. The number of carbonyl (C=O) groups excluding carboxylic acids is 1. The number of aliphatic carboxylic acids is 1. The SMILES string of the molecule is CCCc1nc(C)c(C(=O)N[C@H](C(=O)O)[C@@H](C)CC)s1. The summed E-state index contributed by atoms with van der Waals surface area (Å²) in [5.74, 6) is -1.45. The molecule has 0 spiro atoms. The molecular formula is C14H22N2O3S. The molecule has 0 saturated carbocycles. The lowest BCUT2D eigenvalue weighted by atomic mass is 9.99. The smallest absolute Gasteiger partial charge is 0.326 e. The number of nitrogens with one attached hydrogen (secondary N) is 1. The normalized spacial score (nSPS) is 13.8. The minimum absolute atomic E-state index is 0.111. The molecule has 0 radical (unpaired) electrons. The molecule has 0 saturated heterocycles. The van der Waals surface area contributed by atoms with Gasteiger partial charge in [0.15, 0.2) is 0 Å². The van der Waals surface area contributed by atoms with Gasteiger partial charge >= 0.3 is 5.97 Å². The number of amides is 1. The van der Waals surface area contributed by atoms with Crippen molar-refractivity contribution in [2.24, 2.45) is 5.92 Å². The van der Waals surface area contributed by atoms with Gasteiger partial charge in [-0.2, -0.15) is 0 Å². The maximum atomic E-state index is 12.2. The number of hydrogen-bond donors (Lipinski definition) is 2. The van der Waals surface area contributed by atoms with E-state index < -0.39 is 12.0 Å². The Balaban J connectivity index is 2.86. The van der Waals surface area contributed by atoms with Crippen molar-refractivity contribution in [1.29, 1.82) is 0 Å². The van der Waals surface area contributed by atoms with Crippen molar-refractivity contribution in [3.63, 3.8) is 0 Å². The highest BCUT2D eigenvalue weighted by atomic mass is 32.1. The number of rotatable bonds is 7. The van der Waals surface area contributed by atoms with Crippen LogP contribution in [0.25, 0.3) is 0 Å². The van der Waals surface area contributed by atoms with E-state index in [1.54, 1.807) is 6.92 Å². The second kappa shape index (κ2) is 7.38. The van der Waals surface area contributed by atoms with Crippen LogP contribution < -0.4 is 5.32 Å². The summed E-state index contributed by atoms with van der Waals surface area (Å²) in [7, 11) is 0. The monoisotopic (exact) mass is 298 g/mol. The van der Waals surface area contributed by atoms with E-state index in [1.165, 1.54) is 11.3 Å². The molecule has 0 unspecified atom stereocenters. The van der Waals surface area contributed by atoms with Crippen molar-refractivity contribution in [3.8, 4) is 0 Å². The van der Waals surface area contributed by atoms with Crippen molar-refractivity contribution >= 4 is 23.2 Å². The first-order valence-corrected chi connectivity index (χ1v) is 7.72. The molecule has 0 bridgehead atoms. The van der Waals surface area contributed by atoms with E-state index in [-0.39, 0.29) is 11.8 Å². The number of carbonyl (C=O) groups is 2. The number of aromatic nitrogens is 1. The van der Waals surface area contributed by atoms with Crippen molar-refractivity contribution in [3.05, 3.63) is 15.6 Å². The zero-order valence-electron chi connectivity index (χ0n) is 12.4. The molecule has 6 heteroatoms. The van der Waals surface area contributed by atoms with Gasteiger partial charge in [0.05, 0.1) is 10.7 Å². The minimum Gasteiger partial charge on any atom is -0.480 e. The predicted octanol–water partition coefficient (Wildman–Crippen LogP) is 2.63. The van der Waals surface area contributed by atoms with Gasteiger partial charge < -0.3 is 10.4 Å². The highest BCUT2D eigenvalue weighted by Crippen LogP contribution is 2.20. The molecule has 5 nitrogen and oxygen atoms in total. The summed E-state index contributed by atoms with van der Waals surface area (Å²) in [6, 6.07) is -0.858. The second-order valence-electron chi connectivity index (χ2n) is 4.95. The van der Waals surface area contributed by atoms with Crippen molar-refractivity contribution < 1.29 is 14.7 Å². The van der Waals surface area contributed by atoms with Crippen LogP contribution in [-0.4, -0.2) is 28.0 Å². The molecule has 1 amide bonds. The van der Waals surface area contributed by atoms with E-state index >= 15 is 0 Å². The Hall–Kier alpha value is -1.43. The van der Waals surface area contributed by atoms with E-state index in [2.05, 4.69) is 17.2 Å². The van der Waals surface area contributed by atoms with Crippen LogP contribution >= 0.6 is 11.3 Å². The summed E-state index contributed by atoms with van der Waals surface area (Å²) in [6.07, 6.45) is 2.51. The molecule has 0 aliphatic heterocycles. The van der Waals surface area contributed by atoms with Gasteiger partial charge in [-0.1, -0.05) is 27.2 Å². The van der Waals surface area contributed by atoms with Crippen LogP contribution in [-0.2, 0) is 11.2 Å². The van der Waals surface area contributed by atoms with E-state index in [0.717, 1.165) is 17.8 Å². The third-order valence-corrected chi connectivity index (χ3v) is 4.49. The Morgan fingerprint density at radius 1 is 1.40 bits per heavy atom. The van der Waals surface area contributed by atoms with E-state index in [4.69, 9.17) is 0 Å². The van der Waals surface area contributed by atoms with E-state index in [9.17, 15) is 14.7 Å². The summed E-state index contributed by atoms with van der Waals surface area (Å²) in [6.45, 7) is 7.56. The second-order valence-corrected chi connectivity index (χ2v) is 6.03. The van der Waals surface area contributed by atoms with Gasteiger partial charge in [0.2, 0.25) is 0 Å². The number of thiazole rings is 1. The topological polar surface area (TPSA) is 79.3 Å². The van der Waals surface area contributed by atoms with E-state index in [0.29, 0.717) is 17.0 Å². The Morgan fingerprint density at radius 3 is 2.55 bits per heavy atom. The minimum atomic E-state index is -0.997. The van der Waals surface area contributed by atoms with Crippen LogP contribution in [0, 0.1) is 12.8 Å². The highest BCUT2D eigenvalue weighted by molar-refractivity contribution is 7.13. The third kappa shape index (κ3) is 4.03. The number of carboxylic acids is 1. The molecule has 112 valence electrons. The summed E-state index contributed by atoms with van der Waals surface area (Å²) < 4.78 is 0. The molecule has 1 rings (SSSR count). The molecule has 0 aliphatic carbocycles. The average Bonchev–Trinajstić information content (AvgIpc) is 2.76. The van der Waals surface area contributed by atoms with Gasteiger partial charge in [-0.15, -0.1) is 11.3 Å². The third-order valence-electron chi connectivity index (χ3n) is 3.28. The first kappa shape index (κ1) is 16.6. The van der Waals surface area contributed by atoms with Gasteiger partial charge in [-0.05, 0) is 25.7 Å². The van der Waals surface area contributed by atoms with Crippen molar-refractivity contribution in [2.45, 2.75) is 53.0 Å². The molecular weight excluding hydrogens is 276 g/mol. The molecule has 1 aromatic rings. The predicted molar refractivity (Wildman–Crippen MR) is 79.2 cm³/mol. The molecule has 20 heavy (non-hydrogen) atoms. The van der Waals surface area contributed by atoms with Crippen LogP contribution in [0.1, 0.15) is 54.0 Å². The maximum absolute atomic E-state index is 12.2. The lowest BCUT2D eigenvalue weighted by Crippen LogP contribution is -2.44. The van der Waals surface area contributed by atoms with Crippen LogP contribution in [0.15, 0.2) is 0 Å². The number of carboxylic acid groups (broad SMARTS) is 1. The summed E-state index contributed by atoms with van der Waals surface area (Å²) in [4.78, 5) is 28.3. The largest absolute Gasteiger partial charge is 0.480 e. The Kier molecular flexibility index (Phi) is 6.13. The van der Waals surface area contributed by atoms with Crippen molar-refractivity contribution in [1.82, 2.24) is 10.3 Å². The van der Waals surface area contributed by atoms with Crippen LogP contribution in [0.3, 0.4) is 0 Å². The summed E-state index contributed by atoms with van der Waals surface area (Å²) >= 11 is 1.35. The van der Waals surface area contributed by atoms with E-state index in [1.807, 2.05) is 13.8 Å². The average molecular weight is 298 g/mol. The molecule has 2 N–H and O–H groups in total. The summed E-state index contributed by atoms with van der Waals surface area (Å²) in [5, 5.41) is 12.7. The Bertz CT molecular complexity index is 485. The van der Waals surface area contributed by atoms with Gasteiger partial charge in [0, 0.05) is 0 Å². The molecule has 1 heterocycles. The number of nitrogens with zero attached hydrogens (tertiary/aromatic N) is 1. The Morgan fingerprint density at radius 2 is 2.05 bits per heavy atom. The van der Waals surface area contributed by atoms with Gasteiger partial charge in [0.25, 0.3) is 5.91 Å².